The molecule has 0 aliphatic heterocycles. The molecule has 0 atom stereocenters. The molecule has 1 aliphatic rings. The van der Waals surface area contributed by atoms with Crippen molar-refractivity contribution in [2.75, 3.05) is 5.32 Å². The van der Waals surface area contributed by atoms with E-state index in [-0.39, 0.29) is 0 Å². The van der Waals surface area contributed by atoms with Gasteiger partial charge in [-0.05, 0) is 19.8 Å². The molecule has 1 heterocycles. The first kappa shape index (κ1) is 11.4. The van der Waals surface area contributed by atoms with Gasteiger partial charge in [0.15, 0.2) is 0 Å². The molecule has 1 fully saturated rings. The van der Waals surface area contributed by atoms with Crippen molar-refractivity contribution in [2.45, 2.75) is 38.6 Å². The lowest BCUT2D eigenvalue weighted by molar-refractivity contribution is 0.708. The Morgan fingerprint density at radius 3 is 2.69 bits per heavy atom. The third kappa shape index (κ3) is 2.04. The number of rotatable bonds is 3. The molecule has 4 nitrogen and oxygen atoms in total. The predicted molar refractivity (Wildman–Crippen MR) is 69.7 cm³/mol. The highest BCUT2D eigenvalue weighted by Gasteiger charge is 2.20. The fourth-order valence-electron chi connectivity index (χ4n) is 2.38. The van der Waals surface area contributed by atoms with Crippen molar-refractivity contribution in [3.05, 3.63) is 11.3 Å². The van der Waals surface area contributed by atoms with Crippen LogP contribution in [0.3, 0.4) is 0 Å². The van der Waals surface area contributed by atoms with Crippen molar-refractivity contribution in [3.8, 4) is 0 Å². The molecule has 16 heavy (non-hydrogen) atoms. The SMILES string of the molecule is Cc1nn(C)c(NC2CCCC2)c1C(N)=S. The maximum atomic E-state index is 5.74. The van der Waals surface area contributed by atoms with Gasteiger partial charge in [-0.25, -0.2) is 0 Å². The van der Waals surface area contributed by atoms with E-state index in [0.29, 0.717) is 11.0 Å². The van der Waals surface area contributed by atoms with Gasteiger partial charge in [0.1, 0.15) is 10.8 Å². The summed E-state index contributed by atoms with van der Waals surface area (Å²) in [6.45, 7) is 1.94. The molecule has 2 rings (SSSR count). The van der Waals surface area contributed by atoms with Crippen molar-refractivity contribution in [2.24, 2.45) is 12.8 Å². The first-order valence-corrected chi connectivity index (χ1v) is 6.10. The van der Waals surface area contributed by atoms with E-state index in [1.54, 1.807) is 0 Å². The van der Waals surface area contributed by atoms with Crippen molar-refractivity contribution in [1.29, 1.82) is 0 Å². The number of anilines is 1. The van der Waals surface area contributed by atoms with Crippen LogP contribution in [-0.4, -0.2) is 20.8 Å². The lowest BCUT2D eigenvalue weighted by atomic mass is 10.2. The molecule has 0 bridgehead atoms. The van der Waals surface area contributed by atoms with Gasteiger partial charge in [0.2, 0.25) is 0 Å². The zero-order valence-electron chi connectivity index (χ0n) is 9.79. The van der Waals surface area contributed by atoms with Gasteiger partial charge in [-0.3, -0.25) is 4.68 Å². The molecule has 0 aromatic carbocycles. The van der Waals surface area contributed by atoms with Gasteiger partial charge in [-0.2, -0.15) is 5.10 Å². The summed E-state index contributed by atoms with van der Waals surface area (Å²) in [6.07, 6.45) is 5.05. The van der Waals surface area contributed by atoms with Crippen molar-refractivity contribution in [1.82, 2.24) is 9.78 Å². The second kappa shape index (κ2) is 4.41. The molecule has 0 radical (unpaired) electrons. The van der Waals surface area contributed by atoms with Crippen LogP contribution in [0, 0.1) is 6.92 Å². The summed E-state index contributed by atoms with van der Waals surface area (Å²) >= 11 is 5.08. The number of aryl methyl sites for hydroxylation is 2. The highest BCUT2D eigenvalue weighted by atomic mass is 32.1. The highest BCUT2D eigenvalue weighted by molar-refractivity contribution is 7.80. The topological polar surface area (TPSA) is 55.9 Å². The van der Waals surface area contributed by atoms with Gasteiger partial charge in [0.25, 0.3) is 0 Å². The Hall–Kier alpha value is -1.10. The van der Waals surface area contributed by atoms with Gasteiger partial charge >= 0.3 is 0 Å². The van der Waals surface area contributed by atoms with E-state index in [2.05, 4.69) is 10.4 Å². The fourth-order valence-corrected chi connectivity index (χ4v) is 2.63. The molecular weight excluding hydrogens is 220 g/mol. The fraction of sp³-hybridized carbons (Fsp3) is 0.636. The molecular formula is C11H18N4S. The minimum atomic E-state index is 0.422. The van der Waals surface area contributed by atoms with Crippen molar-refractivity contribution >= 4 is 23.0 Å². The monoisotopic (exact) mass is 238 g/mol. The molecule has 0 unspecified atom stereocenters. The van der Waals surface area contributed by atoms with Gasteiger partial charge in [0, 0.05) is 13.1 Å². The van der Waals surface area contributed by atoms with E-state index in [9.17, 15) is 0 Å². The Labute approximate surface area is 101 Å². The van der Waals surface area contributed by atoms with E-state index >= 15 is 0 Å². The summed E-state index contributed by atoms with van der Waals surface area (Å²) in [5, 5.41) is 7.87. The largest absolute Gasteiger partial charge is 0.389 e. The highest BCUT2D eigenvalue weighted by Crippen LogP contribution is 2.25. The molecule has 1 saturated carbocycles. The number of nitrogens with zero attached hydrogens (tertiary/aromatic N) is 2. The van der Waals surface area contributed by atoms with Crippen molar-refractivity contribution in [3.63, 3.8) is 0 Å². The Balaban J connectivity index is 2.27. The van der Waals surface area contributed by atoms with Crippen LogP contribution in [0.4, 0.5) is 5.82 Å². The number of hydrogen-bond acceptors (Lipinski definition) is 3. The van der Waals surface area contributed by atoms with Crippen LogP contribution in [-0.2, 0) is 7.05 Å². The average Bonchev–Trinajstić information content (AvgIpc) is 2.76. The summed E-state index contributed by atoms with van der Waals surface area (Å²) in [7, 11) is 1.92. The molecule has 1 aromatic rings. The van der Waals surface area contributed by atoms with E-state index in [1.807, 2.05) is 18.7 Å². The summed E-state index contributed by atoms with van der Waals surface area (Å²) in [5.74, 6) is 0.969. The van der Waals surface area contributed by atoms with E-state index < -0.39 is 0 Å². The average molecular weight is 238 g/mol. The molecule has 88 valence electrons. The van der Waals surface area contributed by atoms with Crippen LogP contribution in [0.15, 0.2) is 0 Å². The quantitative estimate of drug-likeness (QED) is 0.787. The van der Waals surface area contributed by atoms with E-state index in [0.717, 1.165) is 17.1 Å². The minimum absolute atomic E-state index is 0.422. The zero-order valence-corrected chi connectivity index (χ0v) is 10.6. The van der Waals surface area contributed by atoms with Crippen LogP contribution in [0.2, 0.25) is 0 Å². The number of thiocarbonyl (C=S) groups is 1. The van der Waals surface area contributed by atoms with E-state index in [1.165, 1.54) is 25.7 Å². The van der Waals surface area contributed by atoms with Crippen LogP contribution in [0.1, 0.15) is 36.9 Å². The molecule has 5 heteroatoms. The summed E-state index contributed by atoms with van der Waals surface area (Å²) in [6, 6.07) is 0.544. The minimum Gasteiger partial charge on any atom is -0.389 e. The van der Waals surface area contributed by atoms with Crippen LogP contribution in [0.25, 0.3) is 0 Å². The third-order valence-electron chi connectivity index (χ3n) is 3.16. The Kier molecular flexibility index (Phi) is 3.14. The Bertz CT molecular complexity index is 404. The molecule has 1 aliphatic carbocycles. The van der Waals surface area contributed by atoms with Gasteiger partial charge in [-0.1, -0.05) is 25.1 Å². The molecule has 0 spiro atoms. The predicted octanol–water partition coefficient (Wildman–Crippen LogP) is 1.72. The Morgan fingerprint density at radius 2 is 2.12 bits per heavy atom. The van der Waals surface area contributed by atoms with Crippen LogP contribution >= 0.6 is 12.2 Å². The normalized spacial score (nSPS) is 16.6. The number of hydrogen-bond donors (Lipinski definition) is 2. The maximum absolute atomic E-state index is 5.74. The smallest absolute Gasteiger partial charge is 0.134 e. The molecule has 1 aromatic heterocycles. The second-order valence-electron chi connectivity index (χ2n) is 4.42. The maximum Gasteiger partial charge on any atom is 0.134 e. The standard InChI is InChI=1S/C11H18N4S/c1-7-9(10(12)16)11(15(2)14-7)13-8-5-3-4-6-8/h8,13H,3-6H2,1-2H3,(H2,12,16). The second-order valence-corrected chi connectivity index (χ2v) is 4.86. The number of nitrogens with one attached hydrogen (secondary N) is 1. The number of nitrogens with two attached hydrogens (primary N) is 1. The van der Waals surface area contributed by atoms with Crippen molar-refractivity contribution < 1.29 is 0 Å². The zero-order chi connectivity index (χ0) is 11.7. The third-order valence-corrected chi connectivity index (χ3v) is 3.37. The Morgan fingerprint density at radius 1 is 1.50 bits per heavy atom. The first-order chi connectivity index (χ1) is 7.59. The van der Waals surface area contributed by atoms with Gasteiger partial charge in [0.05, 0.1) is 11.3 Å². The molecule has 3 N–H and O–H groups in total. The lowest BCUT2D eigenvalue weighted by Crippen LogP contribution is -2.20. The van der Waals surface area contributed by atoms with Gasteiger partial charge in [-0.15, -0.1) is 0 Å². The van der Waals surface area contributed by atoms with Crippen LogP contribution in [0.5, 0.6) is 0 Å². The summed E-state index contributed by atoms with van der Waals surface area (Å²) < 4.78 is 1.84. The number of aromatic nitrogens is 2. The van der Waals surface area contributed by atoms with Crippen LogP contribution < -0.4 is 11.1 Å². The molecule has 0 saturated heterocycles. The molecule has 0 amide bonds. The first-order valence-electron chi connectivity index (χ1n) is 5.69. The summed E-state index contributed by atoms with van der Waals surface area (Å²) in [5.41, 5.74) is 7.53. The van der Waals surface area contributed by atoms with E-state index in [4.69, 9.17) is 18.0 Å². The lowest BCUT2D eigenvalue weighted by Gasteiger charge is -2.15. The summed E-state index contributed by atoms with van der Waals surface area (Å²) in [4.78, 5) is 0.422. The van der Waals surface area contributed by atoms with Gasteiger partial charge < -0.3 is 11.1 Å².